The number of benzene rings is 3. The summed E-state index contributed by atoms with van der Waals surface area (Å²) in [6.45, 7) is 19.3. The van der Waals surface area contributed by atoms with Crippen molar-refractivity contribution in [2.75, 3.05) is 0 Å². The Labute approximate surface area is 290 Å². The molecule has 0 bridgehead atoms. The van der Waals surface area contributed by atoms with Gasteiger partial charge < -0.3 is 13.8 Å². The van der Waals surface area contributed by atoms with E-state index in [9.17, 15) is 0 Å². The third-order valence-electron chi connectivity index (χ3n) is 7.89. The van der Waals surface area contributed by atoms with Crippen molar-refractivity contribution in [2.24, 2.45) is 0 Å². The van der Waals surface area contributed by atoms with Gasteiger partial charge in [-0.3, -0.25) is 4.98 Å². The van der Waals surface area contributed by atoms with Crippen LogP contribution in [0.1, 0.15) is 79.5 Å². The second kappa shape index (κ2) is 12.8. The first-order valence-electron chi connectivity index (χ1n) is 15.6. The van der Waals surface area contributed by atoms with Gasteiger partial charge in [0.1, 0.15) is 17.4 Å². The van der Waals surface area contributed by atoms with Gasteiger partial charge >= 0.3 is 0 Å². The summed E-state index contributed by atoms with van der Waals surface area (Å²) in [7, 11) is 0. The first kappa shape index (κ1) is 34.2. The summed E-state index contributed by atoms with van der Waals surface area (Å²) >= 11 is 0. The topological polar surface area (TPSA) is 77.8 Å². The van der Waals surface area contributed by atoms with Gasteiger partial charge in [-0.2, -0.15) is 0 Å². The molecule has 1 radical (unpaired) electrons. The van der Waals surface area contributed by atoms with Crippen molar-refractivity contribution in [1.82, 2.24) is 19.9 Å². The number of oxazole rings is 1. The van der Waals surface area contributed by atoms with Crippen LogP contribution in [0, 0.1) is 12.1 Å². The molecule has 0 spiro atoms. The van der Waals surface area contributed by atoms with E-state index >= 15 is 0 Å². The van der Waals surface area contributed by atoms with Crippen LogP contribution in [-0.4, -0.2) is 19.9 Å². The SMILES string of the molecule is CC(C)(C)c1cc(-c2[c-]ccc3c2oc2cc4oc(C(C)(C)C)nc4cc23)ncn1.CC(C)(C)c1ccc(-c2[c-]cccc2)nc1.[Ir]. The molecule has 7 heteroatoms. The standard InChI is InChI=1S/C25H24N3O2.C15H16N.Ir/c1-24(2,3)21-11-17(26-13-27-21)15-9-7-8-14-16-10-18-20(12-19(16)29-22(14)15)30-23(28-18)25(4,5)6;1-15(2,3)13-9-10-14(16-11-13)12-7-5-4-6-8-12;/h7-8,10-13H,1-6H3;4-7,9-11H,1-3H3;/q2*-1;. The average molecular weight is 801 g/mol. The molecule has 47 heavy (non-hydrogen) atoms. The molecule has 0 aliphatic heterocycles. The van der Waals surface area contributed by atoms with Crippen LogP contribution in [0.3, 0.4) is 0 Å². The molecule has 0 unspecified atom stereocenters. The maximum absolute atomic E-state index is 6.29. The summed E-state index contributed by atoms with van der Waals surface area (Å²) in [6, 6.07) is 28.5. The van der Waals surface area contributed by atoms with E-state index in [1.807, 2.05) is 60.8 Å². The minimum absolute atomic E-state index is 0. The normalized spacial score (nSPS) is 12.2. The Kier molecular flexibility index (Phi) is 9.29. The van der Waals surface area contributed by atoms with Gasteiger partial charge in [-0.1, -0.05) is 91.5 Å². The number of pyridine rings is 1. The van der Waals surface area contributed by atoms with Crippen molar-refractivity contribution in [3.05, 3.63) is 109 Å². The first-order valence-corrected chi connectivity index (χ1v) is 15.6. The van der Waals surface area contributed by atoms with Crippen molar-refractivity contribution in [2.45, 2.75) is 78.6 Å². The molecule has 7 aromatic rings. The van der Waals surface area contributed by atoms with Gasteiger partial charge in [0.05, 0.1) is 5.58 Å². The van der Waals surface area contributed by atoms with E-state index in [0.717, 1.165) is 67.1 Å². The third-order valence-corrected chi connectivity index (χ3v) is 7.89. The van der Waals surface area contributed by atoms with Crippen molar-refractivity contribution in [3.8, 4) is 22.5 Å². The number of rotatable bonds is 2. The fraction of sp³-hybridized carbons (Fsp3) is 0.300. The monoisotopic (exact) mass is 801 g/mol. The van der Waals surface area contributed by atoms with E-state index in [0.29, 0.717) is 0 Å². The van der Waals surface area contributed by atoms with Crippen LogP contribution in [0.2, 0.25) is 0 Å². The van der Waals surface area contributed by atoms with Gasteiger partial charge in [0, 0.05) is 54.3 Å². The quantitative estimate of drug-likeness (QED) is 0.162. The Hall–Kier alpha value is -4.19. The maximum atomic E-state index is 6.29. The van der Waals surface area contributed by atoms with Crippen LogP contribution in [0.25, 0.3) is 55.6 Å². The Balaban J connectivity index is 0.000000217. The Morgan fingerprint density at radius 3 is 2.06 bits per heavy atom. The van der Waals surface area contributed by atoms with Crippen LogP contribution < -0.4 is 0 Å². The maximum Gasteiger partial charge on any atom is 0.200 e. The predicted octanol–water partition coefficient (Wildman–Crippen LogP) is 10.4. The Bertz CT molecular complexity index is 2140. The fourth-order valence-corrected chi connectivity index (χ4v) is 5.13. The number of hydrogen-bond acceptors (Lipinski definition) is 6. The van der Waals surface area contributed by atoms with Crippen molar-refractivity contribution < 1.29 is 28.9 Å². The Morgan fingerprint density at radius 1 is 0.638 bits per heavy atom. The molecule has 7 rings (SSSR count). The smallest absolute Gasteiger partial charge is 0.200 e. The summed E-state index contributed by atoms with van der Waals surface area (Å²) in [6.07, 6.45) is 3.56. The summed E-state index contributed by atoms with van der Waals surface area (Å²) in [5.41, 5.74) is 8.92. The summed E-state index contributed by atoms with van der Waals surface area (Å²) in [5, 5.41) is 2.02. The second-order valence-electron chi connectivity index (χ2n) is 14.8. The molecule has 4 aromatic heterocycles. The number of nitrogens with zero attached hydrogens (tertiary/aromatic N) is 4. The van der Waals surface area contributed by atoms with E-state index < -0.39 is 0 Å². The molecule has 4 heterocycles. The van der Waals surface area contributed by atoms with Crippen LogP contribution in [0.15, 0.2) is 88.1 Å². The molecular weight excluding hydrogens is 761 g/mol. The van der Waals surface area contributed by atoms with Gasteiger partial charge in [-0.15, -0.1) is 54.1 Å². The summed E-state index contributed by atoms with van der Waals surface area (Å²) in [4.78, 5) is 18.1. The number of furan rings is 1. The van der Waals surface area contributed by atoms with E-state index in [1.54, 1.807) is 6.33 Å². The van der Waals surface area contributed by atoms with E-state index in [-0.39, 0.29) is 36.4 Å². The molecule has 0 atom stereocenters. The zero-order valence-electron chi connectivity index (χ0n) is 28.4. The number of hydrogen-bond donors (Lipinski definition) is 0. The molecule has 0 aliphatic rings. The van der Waals surface area contributed by atoms with Crippen molar-refractivity contribution in [1.29, 1.82) is 0 Å². The average Bonchev–Trinajstić information content (AvgIpc) is 3.61. The van der Waals surface area contributed by atoms with Crippen molar-refractivity contribution in [3.63, 3.8) is 0 Å². The summed E-state index contributed by atoms with van der Waals surface area (Å²) < 4.78 is 12.3. The van der Waals surface area contributed by atoms with Gasteiger partial charge in [-0.25, -0.2) is 9.97 Å². The molecule has 0 N–H and O–H groups in total. The number of fused-ring (bicyclic) bond motifs is 4. The van der Waals surface area contributed by atoms with E-state index in [1.165, 1.54) is 5.56 Å². The van der Waals surface area contributed by atoms with Gasteiger partial charge in [0.15, 0.2) is 5.58 Å². The van der Waals surface area contributed by atoms with E-state index in [2.05, 4.69) is 102 Å². The molecule has 6 nitrogen and oxygen atoms in total. The molecule has 0 saturated carbocycles. The minimum Gasteiger partial charge on any atom is -0.500 e. The first-order chi connectivity index (χ1) is 21.7. The molecule has 0 fully saturated rings. The van der Waals surface area contributed by atoms with Crippen molar-refractivity contribution >= 4 is 33.0 Å². The predicted molar refractivity (Wildman–Crippen MR) is 186 cm³/mol. The molecule has 3 aromatic carbocycles. The minimum atomic E-state index is -0.151. The van der Waals surface area contributed by atoms with Gasteiger partial charge in [0.2, 0.25) is 5.89 Å². The van der Waals surface area contributed by atoms with Gasteiger partial charge in [0.25, 0.3) is 0 Å². The zero-order valence-corrected chi connectivity index (χ0v) is 30.8. The molecule has 0 amide bonds. The summed E-state index contributed by atoms with van der Waals surface area (Å²) in [5.74, 6) is 0.721. The molecule has 0 saturated heterocycles. The zero-order chi connectivity index (χ0) is 32.9. The Morgan fingerprint density at radius 2 is 1.43 bits per heavy atom. The molecule has 0 aliphatic carbocycles. The van der Waals surface area contributed by atoms with Gasteiger partial charge in [-0.05, 0) is 28.4 Å². The van der Waals surface area contributed by atoms with Crippen LogP contribution in [0.5, 0.6) is 0 Å². The van der Waals surface area contributed by atoms with Crippen LogP contribution in [0.4, 0.5) is 0 Å². The largest absolute Gasteiger partial charge is 0.500 e. The molecular formula is C40H40IrN4O2-2. The van der Waals surface area contributed by atoms with E-state index in [4.69, 9.17) is 13.8 Å². The van der Waals surface area contributed by atoms with Crippen LogP contribution in [-0.2, 0) is 36.4 Å². The second-order valence-corrected chi connectivity index (χ2v) is 14.8. The third kappa shape index (κ3) is 7.22. The molecule has 243 valence electrons. The fourth-order valence-electron chi connectivity index (χ4n) is 5.13. The van der Waals surface area contributed by atoms with Crippen LogP contribution >= 0.6 is 0 Å². The number of aromatic nitrogens is 4.